The second-order valence-corrected chi connectivity index (χ2v) is 3.54. The standard InChI is InChI=1S/C8H10O3/c9-4-8-3-1-2-5(8)6(8)7(10)11/h4-6H,1-3H2,(H,10,11). The van der Waals surface area contributed by atoms with Crippen molar-refractivity contribution in [2.24, 2.45) is 17.3 Å². The maximum absolute atomic E-state index is 10.6. The fourth-order valence-corrected chi connectivity index (χ4v) is 2.57. The van der Waals surface area contributed by atoms with Gasteiger partial charge in [-0.3, -0.25) is 4.79 Å². The zero-order valence-electron chi connectivity index (χ0n) is 6.12. The lowest BCUT2D eigenvalue weighted by Gasteiger charge is -2.01. The molecule has 0 saturated heterocycles. The fourth-order valence-electron chi connectivity index (χ4n) is 2.57. The molecule has 3 heteroatoms. The highest BCUT2D eigenvalue weighted by Gasteiger charge is 2.70. The molecule has 2 rings (SSSR count). The van der Waals surface area contributed by atoms with Crippen LogP contribution in [0.3, 0.4) is 0 Å². The van der Waals surface area contributed by atoms with Gasteiger partial charge in [-0.1, -0.05) is 6.42 Å². The molecule has 0 heterocycles. The number of aldehydes is 1. The summed E-state index contributed by atoms with van der Waals surface area (Å²) in [7, 11) is 0. The second kappa shape index (κ2) is 1.84. The molecule has 1 N–H and O–H groups in total. The largest absolute Gasteiger partial charge is 0.481 e. The third kappa shape index (κ3) is 0.633. The minimum atomic E-state index is -0.790. The predicted molar refractivity (Wildman–Crippen MR) is 37.0 cm³/mol. The van der Waals surface area contributed by atoms with Crippen LogP contribution in [0.25, 0.3) is 0 Å². The number of carbonyl (C=O) groups excluding carboxylic acids is 1. The van der Waals surface area contributed by atoms with Crippen LogP contribution in [0.1, 0.15) is 19.3 Å². The molecule has 3 atom stereocenters. The molecule has 0 bridgehead atoms. The summed E-state index contributed by atoms with van der Waals surface area (Å²) in [6.07, 6.45) is 3.60. The number of rotatable bonds is 2. The monoisotopic (exact) mass is 154 g/mol. The van der Waals surface area contributed by atoms with Crippen molar-refractivity contribution in [3.8, 4) is 0 Å². The SMILES string of the molecule is O=CC12CCCC1C2C(=O)O. The lowest BCUT2D eigenvalue weighted by molar-refractivity contribution is -0.140. The van der Waals surface area contributed by atoms with Crippen molar-refractivity contribution in [2.45, 2.75) is 19.3 Å². The maximum atomic E-state index is 10.6. The van der Waals surface area contributed by atoms with Crippen LogP contribution in [0.15, 0.2) is 0 Å². The number of aliphatic carboxylic acids is 1. The molecule has 0 aromatic carbocycles. The fraction of sp³-hybridized carbons (Fsp3) is 0.750. The molecule has 0 radical (unpaired) electrons. The summed E-state index contributed by atoms with van der Waals surface area (Å²) < 4.78 is 0. The normalized spacial score (nSPS) is 46.5. The van der Waals surface area contributed by atoms with Crippen LogP contribution in [0.5, 0.6) is 0 Å². The summed E-state index contributed by atoms with van der Waals surface area (Å²) in [6.45, 7) is 0. The lowest BCUT2D eigenvalue weighted by atomic mass is 10.0. The molecule has 3 nitrogen and oxygen atoms in total. The van der Waals surface area contributed by atoms with Crippen molar-refractivity contribution in [1.82, 2.24) is 0 Å². The Hall–Kier alpha value is -0.860. The molecule has 0 aromatic heterocycles. The van der Waals surface area contributed by atoms with E-state index in [1.165, 1.54) is 0 Å². The van der Waals surface area contributed by atoms with Gasteiger partial charge in [-0.25, -0.2) is 0 Å². The number of carboxylic acids is 1. The quantitative estimate of drug-likeness (QED) is 0.595. The molecule has 0 aromatic rings. The van der Waals surface area contributed by atoms with Crippen LogP contribution in [0, 0.1) is 17.3 Å². The molecular formula is C8H10O3. The van der Waals surface area contributed by atoms with Gasteiger partial charge in [-0.2, -0.15) is 0 Å². The first-order chi connectivity index (χ1) is 5.22. The van der Waals surface area contributed by atoms with E-state index in [1.807, 2.05) is 0 Å². The Morgan fingerprint density at radius 3 is 2.73 bits per heavy atom. The van der Waals surface area contributed by atoms with E-state index in [2.05, 4.69) is 0 Å². The van der Waals surface area contributed by atoms with Gasteiger partial charge in [-0.15, -0.1) is 0 Å². The van der Waals surface area contributed by atoms with Gasteiger partial charge in [-0.05, 0) is 18.8 Å². The Kier molecular flexibility index (Phi) is 1.14. The summed E-state index contributed by atoms with van der Waals surface area (Å²) in [5, 5.41) is 8.70. The summed E-state index contributed by atoms with van der Waals surface area (Å²) in [6, 6.07) is 0. The highest BCUT2D eigenvalue weighted by Crippen LogP contribution is 2.67. The molecule has 0 aliphatic heterocycles. The van der Waals surface area contributed by atoms with E-state index < -0.39 is 11.4 Å². The van der Waals surface area contributed by atoms with Gasteiger partial charge in [0.25, 0.3) is 0 Å². The minimum Gasteiger partial charge on any atom is -0.481 e. The van der Waals surface area contributed by atoms with Gasteiger partial charge >= 0.3 is 5.97 Å². The third-order valence-electron chi connectivity index (χ3n) is 3.17. The molecule has 3 unspecified atom stereocenters. The zero-order valence-corrected chi connectivity index (χ0v) is 6.12. The number of hydrogen-bond donors (Lipinski definition) is 1. The van der Waals surface area contributed by atoms with Crippen LogP contribution >= 0.6 is 0 Å². The van der Waals surface area contributed by atoms with Crippen LogP contribution in [0.4, 0.5) is 0 Å². The zero-order chi connectivity index (χ0) is 8.06. The van der Waals surface area contributed by atoms with Crippen LogP contribution < -0.4 is 0 Å². The molecule has 2 fully saturated rings. The van der Waals surface area contributed by atoms with Gasteiger partial charge in [0.2, 0.25) is 0 Å². The number of carboxylic acid groups (broad SMARTS) is 1. The molecular weight excluding hydrogens is 144 g/mol. The summed E-state index contributed by atoms with van der Waals surface area (Å²) in [4.78, 5) is 21.2. The van der Waals surface area contributed by atoms with Crippen molar-refractivity contribution in [2.75, 3.05) is 0 Å². The second-order valence-electron chi connectivity index (χ2n) is 3.54. The lowest BCUT2D eigenvalue weighted by Crippen LogP contribution is -2.11. The van der Waals surface area contributed by atoms with Gasteiger partial charge in [0.05, 0.1) is 5.92 Å². The first kappa shape index (κ1) is 6.83. The van der Waals surface area contributed by atoms with Crippen molar-refractivity contribution in [1.29, 1.82) is 0 Å². The number of hydrogen-bond acceptors (Lipinski definition) is 2. The van der Waals surface area contributed by atoms with Crippen LogP contribution in [-0.2, 0) is 9.59 Å². The van der Waals surface area contributed by atoms with E-state index in [0.717, 1.165) is 25.5 Å². The molecule has 11 heavy (non-hydrogen) atoms. The topological polar surface area (TPSA) is 54.4 Å². The summed E-state index contributed by atoms with van der Waals surface area (Å²) >= 11 is 0. The van der Waals surface area contributed by atoms with Crippen LogP contribution in [0.2, 0.25) is 0 Å². The van der Waals surface area contributed by atoms with Crippen molar-refractivity contribution < 1.29 is 14.7 Å². The highest BCUT2D eigenvalue weighted by atomic mass is 16.4. The van der Waals surface area contributed by atoms with Gasteiger partial charge in [0.1, 0.15) is 6.29 Å². The minimum absolute atomic E-state index is 0.164. The Bertz CT molecular complexity index is 223. The van der Waals surface area contributed by atoms with Crippen LogP contribution in [-0.4, -0.2) is 17.4 Å². The average Bonchev–Trinajstić information content (AvgIpc) is 2.44. The van der Waals surface area contributed by atoms with E-state index in [4.69, 9.17) is 5.11 Å². The van der Waals surface area contributed by atoms with E-state index in [1.54, 1.807) is 0 Å². The van der Waals surface area contributed by atoms with Crippen molar-refractivity contribution >= 4 is 12.3 Å². The Morgan fingerprint density at radius 2 is 2.36 bits per heavy atom. The molecule has 2 aliphatic carbocycles. The number of carbonyl (C=O) groups is 2. The van der Waals surface area contributed by atoms with Crippen molar-refractivity contribution in [3.63, 3.8) is 0 Å². The average molecular weight is 154 g/mol. The molecule has 60 valence electrons. The van der Waals surface area contributed by atoms with Gasteiger partial charge in [0.15, 0.2) is 0 Å². The first-order valence-corrected chi connectivity index (χ1v) is 3.91. The smallest absolute Gasteiger partial charge is 0.307 e. The van der Waals surface area contributed by atoms with Gasteiger partial charge < -0.3 is 9.90 Å². The summed E-state index contributed by atoms with van der Waals surface area (Å²) in [5.74, 6) is -0.979. The number of fused-ring (bicyclic) bond motifs is 1. The van der Waals surface area contributed by atoms with Gasteiger partial charge in [0, 0.05) is 5.41 Å². The van der Waals surface area contributed by atoms with E-state index in [0.29, 0.717) is 0 Å². The molecule has 0 amide bonds. The molecule has 2 saturated carbocycles. The highest BCUT2D eigenvalue weighted by molar-refractivity contribution is 5.85. The molecule has 2 aliphatic rings. The Labute approximate surface area is 64.4 Å². The third-order valence-corrected chi connectivity index (χ3v) is 3.17. The Morgan fingerprint density at radius 1 is 1.64 bits per heavy atom. The Balaban J connectivity index is 2.21. The first-order valence-electron chi connectivity index (χ1n) is 3.91. The van der Waals surface area contributed by atoms with E-state index in [9.17, 15) is 9.59 Å². The summed E-state index contributed by atoms with van der Waals surface area (Å²) in [5.41, 5.74) is -0.439. The van der Waals surface area contributed by atoms with E-state index >= 15 is 0 Å². The maximum Gasteiger partial charge on any atom is 0.307 e. The predicted octanol–water partition coefficient (Wildman–Crippen LogP) is 0.686. The van der Waals surface area contributed by atoms with Crippen molar-refractivity contribution in [3.05, 3.63) is 0 Å². The molecule has 0 spiro atoms. The van der Waals surface area contributed by atoms with E-state index in [-0.39, 0.29) is 11.8 Å².